The van der Waals surface area contributed by atoms with E-state index in [1.165, 1.54) is 24.5 Å². The quantitative estimate of drug-likeness (QED) is 0.362. The number of carbonyl (C=O) groups is 2. The summed E-state index contributed by atoms with van der Waals surface area (Å²) in [4.78, 5) is 25.1. The third-order valence-electron chi connectivity index (χ3n) is 4.14. The van der Waals surface area contributed by atoms with Crippen LogP contribution in [0.5, 0.6) is 5.75 Å². The molecule has 1 atom stereocenters. The molecule has 1 unspecified atom stereocenters. The summed E-state index contributed by atoms with van der Waals surface area (Å²) in [5.41, 5.74) is 1.78. The highest BCUT2D eigenvalue weighted by atomic mass is 79.9. The molecule has 3 aromatic rings. The smallest absolute Gasteiger partial charge is 0.341 e. The largest absolute Gasteiger partial charge is 0.479 e. The number of amides is 1. The second-order valence-electron chi connectivity index (χ2n) is 6.18. The molecular formula is C21H16BrCl2NO4S. The lowest BCUT2D eigenvalue weighted by Crippen LogP contribution is -2.30. The molecule has 2 aromatic carbocycles. The van der Waals surface area contributed by atoms with Crippen LogP contribution in [0.4, 0.5) is 5.00 Å². The Hall–Kier alpha value is -2.06. The van der Waals surface area contributed by atoms with Gasteiger partial charge in [0.1, 0.15) is 16.3 Å². The molecule has 9 heteroatoms. The Balaban J connectivity index is 1.83. The van der Waals surface area contributed by atoms with Crippen LogP contribution in [0.25, 0.3) is 11.1 Å². The number of thiophene rings is 1. The zero-order chi connectivity index (χ0) is 21.8. The first-order valence-corrected chi connectivity index (χ1v) is 11.1. The van der Waals surface area contributed by atoms with Crippen molar-refractivity contribution in [2.75, 3.05) is 12.4 Å². The maximum Gasteiger partial charge on any atom is 0.341 e. The Morgan fingerprint density at radius 2 is 1.83 bits per heavy atom. The molecule has 0 aliphatic heterocycles. The van der Waals surface area contributed by atoms with E-state index >= 15 is 0 Å². The second-order valence-corrected chi connectivity index (χ2v) is 8.82. The van der Waals surface area contributed by atoms with Gasteiger partial charge in [-0.25, -0.2) is 4.79 Å². The normalized spacial score (nSPS) is 11.6. The van der Waals surface area contributed by atoms with E-state index in [4.69, 9.17) is 32.7 Å². The highest BCUT2D eigenvalue weighted by Crippen LogP contribution is 2.37. The van der Waals surface area contributed by atoms with E-state index in [1.807, 2.05) is 24.3 Å². The number of anilines is 1. The van der Waals surface area contributed by atoms with Crippen LogP contribution >= 0.6 is 50.5 Å². The summed E-state index contributed by atoms with van der Waals surface area (Å²) in [5.74, 6) is -0.646. The molecule has 0 saturated heterocycles. The Morgan fingerprint density at radius 3 is 2.47 bits per heavy atom. The lowest BCUT2D eigenvalue weighted by atomic mass is 10.0. The molecule has 0 aliphatic rings. The Labute approximate surface area is 196 Å². The van der Waals surface area contributed by atoms with Crippen LogP contribution in [0.15, 0.2) is 52.3 Å². The third-order valence-corrected chi connectivity index (χ3v) is 6.09. The predicted molar refractivity (Wildman–Crippen MR) is 124 cm³/mol. The van der Waals surface area contributed by atoms with Gasteiger partial charge in [0.2, 0.25) is 0 Å². The van der Waals surface area contributed by atoms with Crippen molar-refractivity contribution in [3.05, 3.63) is 67.9 Å². The molecule has 0 spiro atoms. The molecule has 0 bridgehead atoms. The van der Waals surface area contributed by atoms with Crippen molar-refractivity contribution in [3.8, 4) is 16.9 Å². The summed E-state index contributed by atoms with van der Waals surface area (Å²) in [6.45, 7) is 1.58. The minimum Gasteiger partial charge on any atom is -0.479 e. The molecule has 0 aliphatic carbocycles. The number of ether oxygens (including phenoxy) is 2. The molecule has 0 radical (unpaired) electrons. The maximum atomic E-state index is 12.7. The number of halogens is 3. The van der Waals surface area contributed by atoms with Crippen LogP contribution in [0.3, 0.4) is 0 Å². The predicted octanol–water partition coefficient (Wildman–Crippen LogP) is 6.68. The first kappa shape index (κ1) is 22.6. The minimum absolute atomic E-state index is 0.287. The van der Waals surface area contributed by atoms with Gasteiger partial charge in [-0.05, 0) is 42.8 Å². The van der Waals surface area contributed by atoms with Crippen molar-refractivity contribution < 1.29 is 19.1 Å². The van der Waals surface area contributed by atoms with E-state index in [9.17, 15) is 9.59 Å². The summed E-state index contributed by atoms with van der Waals surface area (Å²) >= 11 is 16.6. The second kappa shape index (κ2) is 9.83. The fourth-order valence-electron chi connectivity index (χ4n) is 2.62. The van der Waals surface area contributed by atoms with Gasteiger partial charge in [0.25, 0.3) is 5.91 Å². The molecule has 30 heavy (non-hydrogen) atoms. The molecule has 1 aromatic heterocycles. The molecule has 1 amide bonds. The van der Waals surface area contributed by atoms with E-state index in [1.54, 1.807) is 24.4 Å². The lowest BCUT2D eigenvalue weighted by Gasteiger charge is -2.16. The van der Waals surface area contributed by atoms with Gasteiger partial charge in [0, 0.05) is 20.4 Å². The molecule has 0 fully saturated rings. The van der Waals surface area contributed by atoms with Gasteiger partial charge in [0.15, 0.2) is 6.10 Å². The van der Waals surface area contributed by atoms with Crippen molar-refractivity contribution in [2.24, 2.45) is 0 Å². The van der Waals surface area contributed by atoms with E-state index < -0.39 is 18.0 Å². The zero-order valence-electron chi connectivity index (χ0n) is 15.9. The Bertz CT molecular complexity index is 1090. The first-order valence-electron chi connectivity index (χ1n) is 8.68. The summed E-state index contributed by atoms with van der Waals surface area (Å²) in [7, 11) is 1.30. The molecule has 156 valence electrons. The summed E-state index contributed by atoms with van der Waals surface area (Å²) in [6, 6.07) is 12.2. The highest BCUT2D eigenvalue weighted by molar-refractivity contribution is 9.10. The topological polar surface area (TPSA) is 64.6 Å². The van der Waals surface area contributed by atoms with Crippen LogP contribution in [-0.4, -0.2) is 25.1 Å². The molecule has 3 rings (SSSR count). The average Bonchev–Trinajstić information content (AvgIpc) is 3.13. The van der Waals surface area contributed by atoms with Gasteiger partial charge in [-0.3, -0.25) is 4.79 Å². The fraction of sp³-hybridized carbons (Fsp3) is 0.143. The van der Waals surface area contributed by atoms with Crippen molar-refractivity contribution in [2.45, 2.75) is 13.0 Å². The van der Waals surface area contributed by atoms with Gasteiger partial charge >= 0.3 is 5.97 Å². The lowest BCUT2D eigenvalue weighted by molar-refractivity contribution is -0.122. The monoisotopic (exact) mass is 527 g/mol. The number of rotatable bonds is 6. The molecule has 5 nitrogen and oxygen atoms in total. The number of benzene rings is 2. The van der Waals surface area contributed by atoms with Crippen molar-refractivity contribution >= 4 is 67.3 Å². The van der Waals surface area contributed by atoms with Crippen LogP contribution in [0, 0.1) is 0 Å². The summed E-state index contributed by atoms with van der Waals surface area (Å²) in [6.07, 6.45) is -0.868. The number of hydrogen-bond acceptors (Lipinski definition) is 5. The number of nitrogens with one attached hydrogen (secondary N) is 1. The van der Waals surface area contributed by atoms with Gasteiger partial charge in [-0.1, -0.05) is 51.3 Å². The number of esters is 1. The van der Waals surface area contributed by atoms with Crippen LogP contribution in [0.2, 0.25) is 10.0 Å². The molecule has 1 heterocycles. The molecule has 0 saturated carbocycles. The third kappa shape index (κ3) is 5.16. The van der Waals surface area contributed by atoms with E-state index in [0.717, 1.165) is 10.0 Å². The standard InChI is InChI=1S/C21H16BrCl2NO4S/c1-11(29-17-8-7-14(23)9-16(17)24)19(26)25-20-18(21(27)28-2)15(10-30-20)12-3-5-13(22)6-4-12/h3-11H,1-2H3,(H,25,26). The van der Waals surface area contributed by atoms with Gasteiger partial charge < -0.3 is 14.8 Å². The van der Waals surface area contributed by atoms with Crippen LogP contribution in [0.1, 0.15) is 17.3 Å². The van der Waals surface area contributed by atoms with Gasteiger partial charge in [0.05, 0.1) is 12.1 Å². The SMILES string of the molecule is COC(=O)c1c(-c2ccc(Br)cc2)csc1NC(=O)C(C)Oc1ccc(Cl)cc1Cl. The number of methoxy groups -OCH3 is 1. The Kier molecular flexibility index (Phi) is 7.41. The summed E-state index contributed by atoms with van der Waals surface area (Å²) in [5, 5.41) is 5.69. The number of carbonyl (C=O) groups excluding carboxylic acids is 2. The van der Waals surface area contributed by atoms with Gasteiger partial charge in [-0.15, -0.1) is 11.3 Å². The van der Waals surface area contributed by atoms with E-state index in [-0.39, 0.29) is 5.56 Å². The van der Waals surface area contributed by atoms with Gasteiger partial charge in [-0.2, -0.15) is 0 Å². The van der Waals surface area contributed by atoms with Crippen molar-refractivity contribution in [1.29, 1.82) is 0 Å². The molecular weight excluding hydrogens is 513 g/mol. The van der Waals surface area contributed by atoms with E-state index in [0.29, 0.717) is 26.4 Å². The van der Waals surface area contributed by atoms with Crippen LogP contribution in [-0.2, 0) is 9.53 Å². The first-order chi connectivity index (χ1) is 14.3. The van der Waals surface area contributed by atoms with E-state index in [2.05, 4.69) is 21.2 Å². The summed E-state index contributed by atoms with van der Waals surface area (Å²) < 4.78 is 11.5. The Morgan fingerprint density at radius 1 is 1.13 bits per heavy atom. The van der Waals surface area contributed by atoms with Crippen molar-refractivity contribution in [1.82, 2.24) is 0 Å². The fourth-order valence-corrected chi connectivity index (χ4v) is 4.30. The minimum atomic E-state index is -0.868. The number of hydrogen-bond donors (Lipinski definition) is 1. The van der Waals surface area contributed by atoms with Crippen molar-refractivity contribution in [3.63, 3.8) is 0 Å². The highest BCUT2D eigenvalue weighted by Gasteiger charge is 2.24. The maximum absolute atomic E-state index is 12.7. The zero-order valence-corrected chi connectivity index (χ0v) is 19.8. The molecule has 1 N–H and O–H groups in total. The van der Waals surface area contributed by atoms with Crippen LogP contribution < -0.4 is 10.1 Å². The average molecular weight is 529 g/mol.